The van der Waals surface area contributed by atoms with Crippen LogP contribution in [0.4, 0.5) is 0 Å². The van der Waals surface area contributed by atoms with Crippen molar-refractivity contribution < 1.29 is 2.85 Å². The second kappa shape index (κ2) is 4.95. The van der Waals surface area contributed by atoms with Crippen LogP contribution in [0.15, 0.2) is 11.0 Å². The smallest absolute Gasteiger partial charge is 1.00 e. The van der Waals surface area contributed by atoms with Gasteiger partial charge in [0.05, 0.1) is 10.0 Å². The van der Waals surface area contributed by atoms with E-state index in [4.69, 9.17) is 34.8 Å². The third-order valence-corrected chi connectivity index (χ3v) is 2.18. The summed E-state index contributed by atoms with van der Waals surface area (Å²) in [6, 6.07) is 0. The third-order valence-electron chi connectivity index (χ3n) is 0.932. The average molecular weight is 241 g/mol. The molecule has 0 fully saturated rings. The predicted octanol–water partition coefficient (Wildman–Crippen LogP) is 2.18. The van der Waals surface area contributed by atoms with E-state index in [1.54, 1.807) is 0 Å². The Hall–Kier alpha value is 1.08. The second-order valence-corrected chi connectivity index (χ2v) is 2.76. The molecule has 0 atom stereocenters. The summed E-state index contributed by atoms with van der Waals surface area (Å²) in [4.78, 5) is 13.0. The first-order valence-corrected chi connectivity index (χ1v) is 3.48. The number of pyridine rings is 1. The van der Waals surface area contributed by atoms with Crippen LogP contribution in [0.3, 0.4) is 0 Å². The molecule has 1 aromatic heterocycles. The minimum Gasteiger partial charge on any atom is -1.00 e. The van der Waals surface area contributed by atoms with E-state index >= 15 is 0 Å². The number of aromatic nitrogens is 1. The van der Waals surface area contributed by atoms with Gasteiger partial charge in [-0.15, -0.1) is 0 Å². The van der Waals surface area contributed by atoms with E-state index < -0.39 is 5.56 Å². The zero-order valence-corrected chi connectivity index (χ0v) is 9.80. The quantitative estimate of drug-likeness (QED) is 0.693. The third kappa shape index (κ3) is 2.79. The number of rotatable bonds is 0. The van der Waals surface area contributed by atoms with Crippen LogP contribution in [0, 0.1) is 0 Å². The van der Waals surface area contributed by atoms with Crippen molar-refractivity contribution in [2.24, 2.45) is 0 Å². The van der Waals surface area contributed by atoms with Gasteiger partial charge in [-0.1, -0.05) is 34.8 Å². The standard InChI is InChI=1S/C5H2Cl3NO.Ca.2H/c6-2-1-9-5(10)4(8)3(2)7;;;/h1H,(H,9,10);;;/q;+2;2*-1. The van der Waals surface area contributed by atoms with Crippen molar-refractivity contribution in [1.29, 1.82) is 0 Å². The number of halogens is 3. The average Bonchev–Trinajstić information content (AvgIpc) is 1.93. The summed E-state index contributed by atoms with van der Waals surface area (Å²) in [6.45, 7) is 0. The molecule has 11 heavy (non-hydrogen) atoms. The monoisotopic (exact) mass is 239 g/mol. The van der Waals surface area contributed by atoms with Gasteiger partial charge in [0.15, 0.2) is 0 Å². The molecule has 0 amide bonds. The Bertz CT molecular complexity index is 319. The van der Waals surface area contributed by atoms with Gasteiger partial charge in [0.25, 0.3) is 5.56 Å². The summed E-state index contributed by atoms with van der Waals surface area (Å²) in [6.07, 6.45) is 1.29. The molecule has 0 aromatic carbocycles. The van der Waals surface area contributed by atoms with E-state index in [-0.39, 0.29) is 55.7 Å². The number of H-pyrrole nitrogens is 1. The zero-order chi connectivity index (χ0) is 7.72. The van der Waals surface area contributed by atoms with Crippen LogP contribution in [-0.4, -0.2) is 42.7 Å². The van der Waals surface area contributed by atoms with E-state index in [1.807, 2.05) is 0 Å². The van der Waals surface area contributed by atoms with Gasteiger partial charge in [-0.2, -0.15) is 0 Å². The fourth-order valence-corrected chi connectivity index (χ4v) is 0.954. The zero-order valence-electron chi connectivity index (χ0n) is 7.33. The molecule has 58 valence electrons. The Kier molecular flexibility index (Phi) is 5.44. The molecule has 0 saturated carbocycles. The molecule has 0 aliphatic heterocycles. The topological polar surface area (TPSA) is 32.9 Å². The minimum absolute atomic E-state index is 0. The van der Waals surface area contributed by atoms with Crippen molar-refractivity contribution in [2.75, 3.05) is 0 Å². The van der Waals surface area contributed by atoms with Crippen LogP contribution >= 0.6 is 34.8 Å². The largest absolute Gasteiger partial charge is 2.00 e. The van der Waals surface area contributed by atoms with Crippen LogP contribution in [-0.2, 0) is 0 Å². The van der Waals surface area contributed by atoms with Gasteiger partial charge in [0.1, 0.15) is 5.02 Å². The molecule has 0 bridgehead atoms. The number of hydrogen-bond donors (Lipinski definition) is 1. The summed E-state index contributed by atoms with van der Waals surface area (Å²) in [7, 11) is 0. The maximum Gasteiger partial charge on any atom is 2.00 e. The molecule has 6 heteroatoms. The Morgan fingerprint density at radius 3 is 2.27 bits per heavy atom. The van der Waals surface area contributed by atoms with Crippen molar-refractivity contribution >= 4 is 72.5 Å². The molecule has 1 rings (SSSR count). The first-order chi connectivity index (χ1) is 4.63. The first-order valence-electron chi connectivity index (χ1n) is 2.35. The molecule has 0 aliphatic carbocycles. The van der Waals surface area contributed by atoms with Crippen molar-refractivity contribution in [3.8, 4) is 0 Å². The van der Waals surface area contributed by atoms with Crippen molar-refractivity contribution in [2.45, 2.75) is 0 Å². The summed E-state index contributed by atoms with van der Waals surface area (Å²) in [5.74, 6) is 0. The summed E-state index contributed by atoms with van der Waals surface area (Å²) < 4.78 is 0. The molecular formula is C5H4CaCl3NO. The van der Waals surface area contributed by atoms with Crippen LogP contribution in [0.1, 0.15) is 2.85 Å². The maximum atomic E-state index is 10.7. The molecule has 0 spiro atoms. The van der Waals surface area contributed by atoms with Crippen molar-refractivity contribution in [3.63, 3.8) is 0 Å². The number of hydrogen-bond acceptors (Lipinski definition) is 1. The van der Waals surface area contributed by atoms with E-state index in [1.165, 1.54) is 6.20 Å². The van der Waals surface area contributed by atoms with Crippen molar-refractivity contribution in [1.82, 2.24) is 4.98 Å². The predicted molar refractivity (Wildman–Crippen MR) is 50.1 cm³/mol. The fraction of sp³-hybridized carbons (Fsp3) is 0. The van der Waals surface area contributed by atoms with Gasteiger partial charge in [-0.25, -0.2) is 0 Å². The van der Waals surface area contributed by atoms with Crippen LogP contribution in [0.5, 0.6) is 0 Å². The molecule has 0 unspecified atom stereocenters. The van der Waals surface area contributed by atoms with Gasteiger partial charge in [0.2, 0.25) is 0 Å². The molecule has 0 radical (unpaired) electrons. The van der Waals surface area contributed by atoms with Crippen LogP contribution in [0.25, 0.3) is 0 Å². The minimum atomic E-state index is -0.434. The molecule has 0 aliphatic rings. The van der Waals surface area contributed by atoms with E-state index in [0.717, 1.165) is 0 Å². The van der Waals surface area contributed by atoms with Gasteiger partial charge >= 0.3 is 37.7 Å². The van der Waals surface area contributed by atoms with Crippen molar-refractivity contribution in [3.05, 3.63) is 31.6 Å². The molecule has 2 nitrogen and oxygen atoms in total. The Labute approximate surface area is 111 Å². The van der Waals surface area contributed by atoms with E-state index in [0.29, 0.717) is 0 Å². The molecule has 1 N–H and O–H groups in total. The fourth-order valence-electron chi connectivity index (χ4n) is 0.460. The first kappa shape index (κ1) is 12.1. The summed E-state index contributed by atoms with van der Waals surface area (Å²) in [5, 5.41) is 0.257. The Balaban J connectivity index is -0.000000333. The maximum absolute atomic E-state index is 10.7. The van der Waals surface area contributed by atoms with E-state index in [2.05, 4.69) is 4.98 Å². The number of nitrogens with one attached hydrogen (secondary N) is 1. The molecular weight excluding hydrogens is 236 g/mol. The van der Waals surface area contributed by atoms with Gasteiger partial charge in [0, 0.05) is 6.20 Å². The van der Waals surface area contributed by atoms with Crippen LogP contribution in [0.2, 0.25) is 15.1 Å². The molecule has 0 saturated heterocycles. The second-order valence-electron chi connectivity index (χ2n) is 1.59. The Morgan fingerprint density at radius 1 is 1.27 bits per heavy atom. The summed E-state index contributed by atoms with van der Waals surface area (Å²) in [5.41, 5.74) is -0.434. The SMILES string of the molecule is O=c1[nH]cc(Cl)c(Cl)c1Cl.[Ca+2].[H-].[H-]. The van der Waals surface area contributed by atoms with E-state index in [9.17, 15) is 4.79 Å². The number of aromatic amines is 1. The molecule has 1 heterocycles. The normalized spacial score (nSPS) is 9.00. The van der Waals surface area contributed by atoms with Gasteiger partial charge in [-0.05, 0) is 0 Å². The van der Waals surface area contributed by atoms with Crippen LogP contribution < -0.4 is 5.56 Å². The van der Waals surface area contributed by atoms with Gasteiger partial charge in [-0.3, -0.25) is 4.79 Å². The summed E-state index contributed by atoms with van der Waals surface area (Å²) >= 11 is 16.4. The van der Waals surface area contributed by atoms with Gasteiger partial charge < -0.3 is 7.84 Å². The Morgan fingerprint density at radius 2 is 1.82 bits per heavy atom. The molecule has 1 aromatic rings.